The summed E-state index contributed by atoms with van der Waals surface area (Å²) in [7, 11) is 1.94. The molecular formula is C9H18Cl2N2O. The van der Waals surface area contributed by atoms with Crippen molar-refractivity contribution in [1.82, 2.24) is 10.2 Å². The first-order valence-corrected chi connectivity index (χ1v) is 4.76. The number of fused-ring (bicyclic) bond motifs is 3. The lowest BCUT2D eigenvalue weighted by Gasteiger charge is -2.24. The molecule has 0 aromatic heterocycles. The molecule has 1 N–H and O–H groups in total. The van der Waals surface area contributed by atoms with Crippen molar-refractivity contribution in [3.63, 3.8) is 0 Å². The van der Waals surface area contributed by atoms with Crippen LogP contribution in [0.5, 0.6) is 0 Å². The number of carbonyl (C=O) groups is 1. The van der Waals surface area contributed by atoms with Gasteiger partial charge in [-0.15, -0.1) is 24.8 Å². The summed E-state index contributed by atoms with van der Waals surface area (Å²) in [6.45, 7) is 1.87. The van der Waals surface area contributed by atoms with Crippen LogP contribution in [-0.2, 0) is 4.79 Å². The number of nitrogens with zero attached hydrogens (tertiary/aromatic N) is 1. The molecule has 0 aliphatic carbocycles. The quantitative estimate of drug-likeness (QED) is 0.687. The van der Waals surface area contributed by atoms with E-state index < -0.39 is 0 Å². The molecule has 2 bridgehead atoms. The van der Waals surface area contributed by atoms with Crippen molar-refractivity contribution in [2.75, 3.05) is 20.1 Å². The summed E-state index contributed by atoms with van der Waals surface area (Å²) in [6.07, 6.45) is 3.46. The smallest absolute Gasteiger partial charge is 0.226 e. The Balaban J connectivity index is 0.000000845. The van der Waals surface area contributed by atoms with E-state index in [-0.39, 0.29) is 30.7 Å². The Kier molecular flexibility index (Phi) is 5.79. The largest absolute Gasteiger partial charge is 0.341 e. The molecule has 2 rings (SSSR count). The van der Waals surface area contributed by atoms with Crippen LogP contribution in [0.3, 0.4) is 0 Å². The van der Waals surface area contributed by atoms with Crippen molar-refractivity contribution in [2.45, 2.75) is 25.3 Å². The minimum absolute atomic E-state index is 0. The number of likely N-dealkylation sites (N-methyl/N-ethyl adjacent to an activating group) is 1. The van der Waals surface area contributed by atoms with Crippen LogP contribution in [0.25, 0.3) is 0 Å². The Bertz CT molecular complexity index is 187. The molecule has 0 saturated carbocycles. The standard InChI is InChI=1S/C9H16N2O.2ClH/c1-11-8-4-2-3-7(9(11)12)5-10-6-8;;/h7-8,10H,2-6H2,1H3;2*1H/t7-,8+;;/m1../s1. The van der Waals surface area contributed by atoms with Crippen LogP contribution in [0.4, 0.5) is 0 Å². The highest BCUT2D eigenvalue weighted by molar-refractivity contribution is 5.85. The molecule has 0 unspecified atom stereocenters. The van der Waals surface area contributed by atoms with Crippen molar-refractivity contribution < 1.29 is 4.79 Å². The molecule has 0 spiro atoms. The van der Waals surface area contributed by atoms with E-state index in [0.717, 1.165) is 19.5 Å². The highest BCUT2D eigenvalue weighted by Gasteiger charge is 2.32. The maximum Gasteiger partial charge on any atom is 0.226 e. The number of hydrogen-bond donors (Lipinski definition) is 1. The average molecular weight is 241 g/mol. The number of hydrogen-bond acceptors (Lipinski definition) is 2. The normalized spacial score (nSPS) is 31.2. The van der Waals surface area contributed by atoms with Crippen LogP contribution >= 0.6 is 24.8 Å². The molecule has 2 aliphatic heterocycles. The molecule has 0 radical (unpaired) electrons. The van der Waals surface area contributed by atoms with E-state index in [4.69, 9.17) is 0 Å². The Labute approximate surface area is 97.4 Å². The predicted octanol–water partition coefficient (Wildman–Crippen LogP) is 1.06. The van der Waals surface area contributed by atoms with Gasteiger partial charge in [0.2, 0.25) is 5.91 Å². The second-order valence-electron chi connectivity index (χ2n) is 3.89. The molecule has 5 heteroatoms. The number of carbonyl (C=O) groups excluding carboxylic acids is 1. The maximum atomic E-state index is 11.7. The van der Waals surface area contributed by atoms with E-state index in [1.807, 2.05) is 11.9 Å². The Morgan fingerprint density at radius 2 is 2.00 bits per heavy atom. The highest BCUT2D eigenvalue weighted by Crippen LogP contribution is 2.22. The lowest BCUT2D eigenvalue weighted by Crippen LogP contribution is -2.39. The molecule has 2 saturated heterocycles. The minimum atomic E-state index is 0. The number of amides is 1. The van der Waals surface area contributed by atoms with Gasteiger partial charge in [-0.25, -0.2) is 0 Å². The van der Waals surface area contributed by atoms with Gasteiger partial charge in [0.05, 0.1) is 5.92 Å². The Hall–Kier alpha value is 0.01000. The molecule has 14 heavy (non-hydrogen) atoms. The first kappa shape index (κ1) is 14.0. The van der Waals surface area contributed by atoms with Crippen LogP contribution in [0.15, 0.2) is 0 Å². The number of nitrogens with one attached hydrogen (secondary N) is 1. The second-order valence-corrected chi connectivity index (χ2v) is 3.89. The van der Waals surface area contributed by atoms with Gasteiger partial charge in [-0.1, -0.05) is 6.42 Å². The van der Waals surface area contributed by atoms with E-state index in [1.165, 1.54) is 12.8 Å². The van der Waals surface area contributed by atoms with Crippen molar-refractivity contribution in [3.8, 4) is 0 Å². The molecule has 84 valence electrons. The van der Waals surface area contributed by atoms with Crippen LogP contribution in [-0.4, -0.2) is 37.0 Å². The van der Waals surface area contributed by atoms with Crippen LogP contribution in [0.1, 0.15) is 19.3 Å². The van der Waals surface area contributed by atoms with Crippen LogP contribution in [0, 0.1) is 5.92 Å². The summed E-state index contributed by atoms with van der Waals surface area (Å²) in [6, 6.07) is 0.449. The molecule has 1 amide bonds. The van der Waals surface area contributed by atoms with Gasteiger partial charge in [0.15, 0.2) is 0 Å². The van der Waals surface area contributed by atoms with Crippen molar-refractivity contribution in [2.24, 2.45) is 5.92 Å². The molecular weight excluding hydrogens is 223 g/mol. The van der Waals surface area contributed by atoms with Gasteiger partial charge in [0.1, 0.15) is 0 Å². The van der Waals surface area contributed by atoms with Crippen molar-refractivity contribution >= 4 is 30.7 Å². The first-order chi connectivity index (χ1) is 5.79. The molecule has 2 aliphatic rings. The zero-order chi connectivity index (χ0) is 8.55. The third-order valence-corrected chi connectivity index (χ3v) is 3.11. The Morgan fingerprint density at radius 1 is 1.29 bits per heavy atom. The van der Waals surface area contributed by atoms with Gasteiger partial charge in [-0.3, -0.25) is 4.79 Å². The number of rotatable bonds is 0. The van der Waals surface area contributed by atoms with Gasteiger partial charge in [-0.05, 0) is 12.8 Å². The van der Waals surface area contributed by atoms with Crippen LogP contribution in [0.2, 0.25) is 0 Å². The zero-order valence-electron chi connectivity index (χ0n) is 8.36. The minimum Gasteiger partial charge on any atom is -0.341 e. The third-order valence-electron chi connectivity index (χ3n) is 3.11. The van der Waals surface area contributed by atoms with Crippen molar-refractivity contribution in [3.05, 3.63) is 0 Å². The van der Waals surface area contributed by atoms with Gasteiger partial charge in [-0.2, -0.15) is 0 Å². The molecule has 2 fully saturated rings. The van der Waals surface area contributed by atoms with Gasteiger partial charge in [0, 0.05) is 26.2 Å². The van der Waals surface area contributed by atoms with E-state index in [2.05, 4.69) is 5.32 Å². The monoisotopic (exact) mass is 240 g/mol. The van der Waals surface area contributed by atoms with Gasteiger partial charge in [0.25, 0.3) is 0 Å². The molecule has 0 aromatic rings. The fraction of sp³-hybridized carbons (Fsp3) is 0.889. The van der Waals surface area contributed by atoms with E-state index in [0.29, 0.717) is 11.9 Å². The summed E-state index contributed by atoms with van der Waals surface area (Å²) in [5.74, 6) is 0.602. The zero-order valence-corrected chi connectivity index (χ0v) is 10.00. The van der Waals surface area contributed by atoms with E-state index >= 15 is 0 Å². The summed E-state index contributed by atoms with van der Waals surface area (Å²) in [5.41, 5.74) is 0. The topological polar surface area (TPSA) is 32.3 Å². The fourth-order valence-corrected chi connectivity index (χ4v) is 2.24. The molecule has 0 aromatic carbocycles. The SMILES string of the molecule is CN1C(=O)[C@@H]2CCC[C@H]1CNC2.Cl.Cl. The summed E-state index contributed by atoms with van der Waals surface area (Å²) in [5, 5.41) is 3.35. The van der Waals surface area contributed by atoms with E-state index in [9.17, 15) is 4.79 Å². The maximum absolute atomic E-state index is 11.7. The average Bonchev–Trinajstić information content (AvgIpc) is 2.19. The lowest BCUT2D eigenvalue weighted by molar-refractivity contribution is -0.134. The highest BCUT2D eigenvalue weighted by atomic mass is 35.5. The predicted molar refractivity (Wildman–Crippen MR) is 61.3 cm³/mol. The van der Waals surface area contributed by atoms with E-state index in [1.54, 1.807) is 0 Å². The third kappa shape index (κ3) is 2.53. The molecule has 2 atom stereocenters. The summed E-state index contributed by atoms with van der Waals surface area (Å²) >= 11 is 0. The molecule has 2 heterocycles. The fourth-order valence-electron chi connectivity index (χ4n) is 2.24. The second kappa shape index (κ2) is 5.79. The summed E-state index contributed by atoms with van der Waals surface area (Å²) in [4.78, 5) is 13.7. The summed E-state index contributed by atoms with van der Waals surface area (Å²) < 4.78 is 0. The Morgan fingerprint density at radius 3 is 2.71 bits per heavy atom. The van der Waals surface area contributed by atoms with Crippen molar-refractivity contribution in [1.29, 1.82) is 0 Å². The first-order valence-electron chi connectivity index (χ1n) is 4.76. The van der Waals surface area contributed by atoms with Gasteiger partial charge < -0.3 is 10.2 Å². The molecule has 3 nitrogen and oxygen atoms in total. The number of halogens is 2. The van der Waals surface area contributed by atoms with Gasteiger partial charge >= 0.3 is 0 Å². The van der Waals surface area contributed by atoms with Crippen LogP contribution < -0.4 is 5.32 Å². The lowest BCUT2D eigenvalue weighted by atomic mass is 10.0.